The maximum absolute atomic E-state index is 14.3. The molecule has 6 rings (SSSR count). The summed E-state index contributed by atoms with van der Waals surface area (Å²) >= 11 is 0. The van der Waals surface area contributed by atoms with Crippen LogP contribution in [0.3, 0.4) is 0 Å². The first kappa shape index (κ1) is 37.8. The Hall–Kier alpha value is -5.96. The number of hydrogen-bond donors (Lipinski definition) is 4. The Balaban J connectivity index is 1.41. The molecule has 20 heteroatoms. The number of anilines is 2. The van der Waals surface area contributed by atoms with Crippen molar-refractivity contribution in [2.24, 2.45) is 30.7 Å². The molecule has 0 unspecified atom stereocenters. The highest BCUT2D eigenvalue weighted by atomic mass is 32.2. The van der Waals surface area contributed by atoms with E-state index in [1.807, 2.05) is 0 Å². The van der Waals surface area contributed by atoms with Gasteiger partial charge in [0.1, 0.15) is 11.4 Å². The van der Waals surface area contributed by atoms with Crippen LogP contribution in [-0.4, -0.2) is 16.8 Å². The molecule has 12 nitrogen and oxygen atoms in total. The molecule has 0 atom stereocenters. The lowest BCUT2D eigenvalue weighted by Crippen LogP contribution is -2.13. The van der Waals surface area contributed by atoms with Crippen molar-refractivity contribution < 1.29 is 43.2 Å². The van der Waals surface area contributed by atoms with E-state index in [9.17, 15) is 43.2 Å². The molecule has 0 saturated carbocycles. The van der Waals surface area contributed by atoms with E-state index in [0.29, 0.717) is 12.1 Å². The van der Waals surface area contributed by atoms with Gasteiger partial charge in [-0.1, -0.05) is 60.7 Å². The fourth-order valence-corrected chi connectivity index (χ4v) is 7.13. The molecule has 0 bridgehead atoms. The number of nitrogens with zero attached hydrogens (tertiary/aromatic N) is 4. The third-order valence-corrected chi connectivity index (χ3v) is 10.0. The van der Waals surface area contributed by atoms with Gasteiger partial charge in [-0.2, -0.15) is 26.3 Å². The first-order valence-electron chi connectivity index (χ1n) is 15.1. The van der Waals surface area contributed by atoms with Crippen molar-refractivity contribution in [3.8, 4) is 11.1 Å². The van der Waals surface area contributed by atoms with E-state index in [4.69, 9.17) is 21.7 Å². The number of fused-ring (bicyclic) bond motifs is 2. The third-order valence-electron chi connectivity index (χ3n) is 8.13. The van der Waals surface area contributed by atoms with Crippen molar-refractivity contribution in [3.63, 3.8) is 0 Å². The monoisotopic (exact) mass is 786 g/mol. The Morgan fingerprint density at radius 3 is 1.07 bits per heavy atom. The number of benzene rings is 6. The van der Waals surface area contributed by atoms with Gasteiger partial charge in [-0.05, 0) is 47.5 Å². The summed E-state index contributed by atoms with van der Waals surface area (Å²) in [7, 11) is -8.67. The van der Waals surface area contributed by atoms with Crippen LogP contribution >= 0.6 is 0 Å². The standard InChI is InChI=1S/C34H24F6N8O4S2/c35-33(36,37)23-13-17(9-11-25(23)45-47-27-15-29(53(43,49)50)19-5-1-3-7-21(19)31(27)41)18-10-12-26(24(14-18)34(38,39)40)46-48-28-16-30(54(44,51)52)20-6-2-4-8-22(20)32(28)42/h1-16H,41-42H2,(H2,43,49,50)(H2,44,51,52)/b47-45+,48-46+. The van der Waals surface area contributed by atoms with Crippen LogP contribution in [0.2, 0.25) is 0 Å². The van der Waals surface area contributed by atoms with Gasteiger partial charge < -0.3 is 11.5 Å². The number of hydrogen-bond acceptors (Lipinski definition) is 10. The zero-order valence-electron chi connectivity index (χ0n) is 27.1. The Labute approximate surface area is 301 Å². The largest absolute Gasteiger partial charge is 0.418 e. The second-order valence-corrected chi connectivity index (χ2v) is 14.7. The molecule has 0 radical (unpaired) electrons. The minimum atomic E-state index is -5.08. The third kappa shape index (κ3) is 7.44. The van der Waals surface area contributed by atoms with E-state index < -0.39 is 64.7 Å². The molecule has 54 heavy (non-hydrogen) atoms. The summed E-state index contributed by atoms with van der Waals surface area (Å²) in [5.41, 5.74) is 6.58. The Bertz CT molecular complexity index is 2600. The van der Waals surface area contributed by atoms with Gasteiger partial charge in [0.15, 0.2) is 0 Å². The number of primary sulfonamides is 2. The van der Waals surface area contributed by atoms with E-state index >= 15 is 0 Å². The van der Waals surface area contributed by atoms with Crippen molar-refractivity contribution in [2.75, 3.05) is 11.5 Å². The van der Waals surface area contributed by atoms with E-state index in [1.165, 1.54) is 36.4 Å². The molecule has 0 aromatic heterocycles. The summed E-state index contributed by atoms with van der Waals surface area (Å²) < 4.78 is 135. The van der Waals surface area contributed by atoms with Crippen LogP contribution in [0, 0.1) is 0 Å². The summed E-state index contributed by atoms with van der Waals surface area (Å²) in [6.07, 6.45) is -10.2. The normalized spacial score (nSPS) is 13.1. The zero-order valence-corrected chi connectivity index (χ0v) is 28.7. The van der Waals surface area contributed by atoms with Gasteiger partial charge in [-0.3, -0.25) is 0 Å². The summed E-state index contributed by atoms with van der Waals surface area (Å²) in [4.78, 5) is -0.796. The number of sulfonamides is 2. The van der Waals surface area contributed by atoms with E-state index in [0.717, 1.165) is 36.4 Å². The van der Waals surface area contributed by atoms with Crippen LogP contribution in [0.25, 0.3) is 32.7 Å². The van der Waals surface area contributed by atoms with Crippen molar-refractivity contribution in [2.45, 2.75) is 22.1 Å². The summed E-state index contributed by atoms with van der Waals surface area (Å²) in [5.74, 6) is 0. The molecule has 6 aromatic rings. The van der Waals surface area contributed by atoms with Crippen LogP contribution in [0.4, 0.5) is 60.5 Å². The SMILES string of the molecule is Nc1c(/N=N/c2ccc(-c3ccc(/N=N/c4cc(S(N)(=O)=O)c5ccccc5c4N)c(C(F)(F)F)c3)cc2C(F)(F)F)cc(S(N)(=O)=O)c2ccccc12. The molecule has 0 fully saturated rings. The Kier molecular flexibility index (Phi) is 9.42. The molecule has 0 aliphatic rings. The van der Waals surface area contributed by atoms with Gasteiger partial charge in [-0.15, -0.1) is 20.5 Å². The van der Waals surface area contributed by atoms with E-state index in [-0.39, 0.29) is 55.4 Å². The van der Waals surface area contributed by atoms with Gasteiger partial charge in [0.05, 0.1) is 43.7 Å². The van der Waals surface area contributed by atoms with Crippen molar-refractivity contribution in [1.29, 1.82) is 0 Å². The molecule has 278 valence electrons. The van der Waals surface area contributed by atoms with Crippen molar-refractivity contribution in [3.05, 3.63) is 108 Å². The van der Waals surface area contributed by atoms with Crippen LogP contribution in [-0.2, 0) is 32.4 Å². The predicted octanol–water partition coefficient (Wildman–Crippen LogP) is 8.99. The summed E-state index contributed by atoms with van der Waals surface area (Å²) in [5, 5.41) is 26.3. The minimum absolute atomic E-state index is 0.1000. The molecular weight excluding hydrogens is 763 g/mol. The first-order valence-corrected chi connectivity index (χ1v) is 18.2. The molecule has 0 amide bonds. The number of nitrogen functional groups attached to an aromatic ring is 2. The van der Waals surface area contributed by atoms with Gasteiger partial charge >= 0.3 is 12.4 Å². The van der Waals surface area contributed by atoms with Crippen LogP contribution < -0.4 is 21.7 Å². The fraction of sp³-hybridized carbons (Fsp3) is 0.0588. The van der Waals surface area contributed by atoms with E-state index in [2.05, 4.69) is 20.5 Å². The number of alkyl halides is 6. The molecule has 0 aliphatic heterocycles. The molecule has 0 spiro atoms. The highest BCUT2D eigenvalue weighted by Crippen LogP contribution is 2.44. The fourth-order valence-electron chi connectivity index (χ4n) is 5.61. The smallest absolute Gasteiger partial charge is 0.396 e. The lowest BCUT2D eigenvalue weighted by molar-refractivity contribution is -0.138. The number of nitrogens with two attached hydrogens (primary N) is 4. The molecule has 8 N–H and O–H groups in total. The van der Waals surface area contributed by atoms with Gasteiger partial charge in [-0.25, -0.2) is 27.1 Å². The highest BCUT2D eigenvalue weighted by Gasteiger charge is 2.36. The maximum Gasteiger partial charge on any atom is 0.418 e. The topological polar surface area (TPSA) is 222 Å². The van der Waals surface area contributed by atoms with Gasteiger partial charge in [0.2, 0.25) is 20.0 Å². The second kappa shape index (κ2) is 13.5. The number of rotatable bonds is 7. The molecule has 0 aliphatic carbocycles. The number of halogens is 6. The summed E-state index contributed by atoms with van der Waals surface area (Å²) in [6.45, 7) is 0. The molecular formula is C34H24F6N8O4S2. The molecule has 0 saturated heterocycles. The lowest BCUT2D eigenvalue weighted by Gasteiger charge is -2.15. The van der Waals surface area contributed by atoms with Crippen LogP contribution in [0.15, 0.2) is 127 Å². The van der Waals surface area contributed by atoms with Crippen molar-refractivity contribution >= 4 is 75.7 Å². The Morgan fingerprint density at radius 2 is 0.759 bits per heavy atom. The Morgan fingerprint density at radius 1 is 0.444 bits per heavy atom. The average Bonchev–Trinajstić information content (AvgIpc) is 3.09. The van der Waals surface area contributed by atoms with Crippen molar-refractivity contribution in [1.82, 2.24) is 0 Å². The maximum atomic E-state index is 14.3. The quantitative estimate of drug-likeness (QED) is 0.0702. The van der Waals surface area contributed by atoms with Gasteiger partial charge in [0.25, 0.3) is 0 Å². The van der Waals surface area contributed by atoms with Crippen LogP contribution in [0.1, 0.15) is 11.1 Å². The second-order valence-electron chi connectivity index (χ2n) is 11.7. The van der Waals surface area contributed by atoms with E-state index in [1.54, 1.807) is 12.1 Å². The molecule has 0 heterocycles. The zero-order chi connectivity index (χ0) is 39.4. The molecule has 6 aromatic carbocycles. The first-order chi connectivity index (χ1) is 25.1. The highest BCUT2D eigenvalue weighted by molar-refractivity contribution is 7.89. The van der Waals surface area contributed by atoms with Gasteiger partial charge in [0, 0.05) is 21.5 Å². The average molecular weight is 787 g/mol. The predicted molar refractivity (Wildman–Crippen MR) is 190 cm³/mol. The summed E-state index contributed by atoms with van der Waals surface area (Å²) in [6, 6.07) is 18.8. The lowest BCUT2D eigenvalue weighted by atomic mass is 9.99. The number of azo groups is 2. The minimum Gasteiger partial charge on any atom is -0.396 e. The van der Waals surface area contributed by atoms with Crippen LogP contribution in [0.5, 0.6) is 0 Å².